The van der Waals surface area contributed by atoms with Gasteiger partial charge < -0.3 is 39.2 Å². The van der Waals surface area contributed by atoms with Gasteiger partial charge in [0.05, 0.1) is 41.3 Å². The van der Waals surface area contributed by atoms with Crippen molar-refractivity contribution in [2.24, 2.45) is 0 Å². The maximum absolute atomic E-state index is 2.47. The largest absolute Gasteiger partial charge is 1.00 e. The fraction of sp³-hybridized carbons (Fsp3) is 1.00. The second kappa shape index (κ2) is 45.8. The van der Waals surface area contributed by atoms with Crippen LogP contribution in [0.25, 0.3) is 0 Å². The summed E-state index contributed by atoms with van der Waals surface area (Å²) in [6.07, 6.45) is 46.9. The van der Waals surface area contributed by atoms with Gasteiger partial charge in [-0.05, 0) is 25.7 Å². The highest BCUT2D eigenvalue weighted by atomic mass is 79.9. The van der Waals surface area contributed by atoms with E-state index in [0.29, 0.717) is 0 Å². The fourth-order valence-electron chi connectivity index (χ4n) is 6.29. The Morgan fingerprint density at radius 1 is 0.318 bits per heavy atom. The maximum Gasteiger partial charge on any atom is 0.0782 e. The van der Waals surface area contributed by atoms with E-state index in [1.807, 2.05) is 19.4 Å². The van der Waals surface area contributed by atoms with E-state index in [2.05, 4.69) is 27.9 Å². The summed E-state index contributed by atoms with van der Waals surface area (Å²) in [6.45, 7) is 7.39. The molecule has 272 valence electrons. The Morgan fingerprint density at radius 2 is 0.455 bits per heavy atom. The fourth-order valence-corrected chi connectivity index (χ4v) is 6.29. The third-order valence-corrected chi connectivity index (χ3v) is 9.23. The molecule has 0 aliphatic rings. The Labute approximate surface area is 298 Å². The number of nitrogens with zero attached hydrogens (tertiary/aromatic N) is 1. The molecule has 4 heteroatoms. The molecule has 44 heavy (non-hydrogen) atoms. The van der Waals surface area contributed by atoms with Crippen LogP contribution in [0.5, 0.6) is 0 Å². The number of halogens is 2. The average Bonchev–Trinajstić information content (AvgIpc) is 2.97. The third-order valence-electron chi connectivity index (χ3n) is 9.23. The van der Waals surface area contributed by atoms with Gasteiger partial charge in [-0.2, -0.15) is 0 Å². The summed E-state index contributed by atoms with van der Waals surface area (Å²) < 4.78 is 1.25. The molecule has 2 nitrogen and oxygen atoms in total. The number of rotatable bonds is 34. The molecule has 0 aromatic rings. The summed E-state index contributed by atoms with van der Waals surface area (Å²) in [7, 11) is 8.94. The van der Waals surface area contributed by atoms with Crippen LogP contribution < -0.4 is 34.7 Å². The molecule has 0 bridgehead atoms. The van der Waals surface area contributed by atoms with E-state index in [0.717, 1.165) is 0 Å². The van der Waals surface area contributed by atoms with Crippen molar-refractivity contribution >= 4 is 0 Å². The minimum atomic E-state index is 0. The van der Waals surface area contributed by atoms with Gasteiger partial charge in [-0.3, -0.25) is 0 Å². The van der Waals surface area contributed by atoms with E-state index in [4.69, 9.17) is 0 Å². The second-order valence-corrected chi connectivity index (χ2v) is 14.6. The Hall–Kier alpha value is 0.690. The molecule has 0 aromatic heterocycles. The topological polar surface area (TPSA) is 16.6 Å². The van der Waals surface area contributed by atoms with Gasteiger partial charge in [0.25, 0.3) is 0 Å². The first-order chi connectivity index (χ1) is 20.5. The molecule has 0 saturated heterocycles. The van der Waals surface area contributed by atoms with E-state index in [1.54, 1.807) is 0 Å². The lowest BCUT2D eigenvalue weighted by Crippen LogP contribution is -3.00. The lowest BCUT2D eigenvalue weighted by molar-refractivity contribution is -0.890. The maximum atomic E-state index is 2.47. The van der Waals surface area contributed by atoms with E-state index < -0.39 is 0 Å². The van der Waals surface area contributed by atoms with Gasteiger partial charge in [0.15, 0.2) is 0 Å². The van der Waals surface area contributed by atoms with E-state index in [1.165, 1.54) is 223 Å². The minimum Gasteiger partial charge on any atom is -1.00 e. The van der Waals surface area contributed by atoms with Crippen molar-refractivity contribution in [1.82, 2.24) is 0 Å². The molecule has 0 fully saturated rings. The van der Waals surface area contributed by atoms with Crippen LogP contribution in [0.15, 0.2) is 0 Å². The van der Waals surface area contributed by atoms with Gasteiger partial charge in [-0.15, -0.1) is 0 Å². The molecule has 0 aromatic carbocycles. The van der Waals surface area contributed by atoms with Gasteiger partial charge in [-0.1, -0.05) is 194 Å². The summed E-state index contributed by atoms with van der Waals surface area (Å²) >= 11 is 0. The Morgan fingerprint density at radius 3 is 0.614 bits per heavy atom. The van der Waals surface area contributed by atoms with Crippen molar-refractivity contribution in [2.75, 3.05) is 41.3 Å². The van der Waals surface area contributed by atoms with Crippen molar-refractivity contribution < 1.29 is 39.2 Å². The number of quaternary nitrogens is 2. The monoisotopic (exact) mass is 711 g/mol. The van der Waals surface area contributed by atoms with Crippen molar-refractivity contribution in [2.45, 2.75) is 219 Å². The van der Waals surface area contributed by atoms with Crippen LogP contribution in [0.4, 0.5) is 0 Å². The van der Waals surface area contributed by atoms with Crippen molar-refractivity contribution in [3.63, 3.8) is 0 Å². The highest BCUT2D eigenvalue weighted by Crippen LogP contribution is 2.16. The molecule has 0 aliphatic carbocycles. The first-order valence-corrected chi connectivity index (χ1v) is 20.1. The summed E-state index contributed by atoms with van der Waals surface area (Å²) in [5, 5.41) is 2.00. The summed E-state index contributed by atoms with van der Waals surface area (Å²) in [6, 6.07) is 0. The number of nitrogens with two attached hydrogens (primary N) is 1. The zero-order valence-electron chi connectivity index (χ0n) is 31.8. The molecular formula is C40H88BrClN2. The summed E-state index contributed by atoms with van der Waals surface area (Å²) in [5.74, 6) is 0. The molecule has 0 unspecified atom stereocenters. The van der Waals surface area contributed by atoms with E-state index >= 15 is 0 Å². The van der Waals surface area contributed by atoms with E-state index in [-0.39, 0.29) is 29.4 Å². The predicted molar refractivity (Wildman–Crippen MR) is 195 cm³/mol. The molecule has 0 heterocycles. The van der Waals surface area contributed by atoms with Gasteiger partial charge in [-0.25, -0.2) is 0 Å². The van der Waals surface area contributed by atoms with Gasteiger partial charge in [0.2, 0.25) is 0 Å². The van der Waals surface area contributed by atoms with Gasteiger partial charge >= 0.3 is 0 Å². The first kappa shape index (κ1) is 51.5. The normalized spacial score (nSPS) is 11.0. The van der Waals surface area contributed by atoms with Crippen LogP contribution >= 0.6 is 0 Å². The Balaban J connectivity index is -0.00000153. The molecule has 2 N–H and O–H groups in total. The zero-order valence-corrected chi connectivity index (χ0v) is 34.2. The summed E-state index contributed by atoms with van der Waals surface area (Å²) in [5.41, 5.74) is 0. The number of hydrogen-bond acceptors (Lipinski definition) is 0. The highest BCUT2D eigenvalue weighted by Gasteiger charge is 2.13. The van der Waals surface area contributed by atoms with Crippen LogP contribution in [0, 0.1) is 0 Å². The molecule has 0 aliphatic heterocycles. The predicted octanol–water partition coefficient (Wildman–Crippen LogP) is 6.40. The smallest absolute Gasteiger partial charge is 0.0782 e. The number of unbranched alkanes of at least 4 members (excludes halogenated alkanes) is 30. The van der Waals surface area contributed by atoms with Crippen LogP contribution in [0.1, 0.15) is 219 Å². The standard InChI is InChI=1S/C38H80N.C2H7N.BrH.ClH/c1-5-7-9-11-13-15-17-19-21-23-25-27-29-31-33-35-37-39(3,4)38-36-34-32-30-28-26-24-22-20-18-16-14-12-10-8-6-2;1-3-2;;/h5-38H2,1-4H3;3H,1-2H3;2*1H/q+1;;;/p-1. The molecule has 0 spiro atoms. The van der Waals surface area contributed by atoms with Crippen LogP contribution in [0.3, 0.4) is 0 Å². The Kier molecular flexibility index (Phi) is 53.6. The molecule has 0 atom stereocenters. The molecule has 0 saturated carbocycles. The van der Waals surface area contributed by atoms with Gasteiger partial charge in [0, 0.05) is 0 Å². The molecular weight excluding hydrogens is 624 g/mol. The lowest BCUT2D eigenvalue weighted by atomic mass is 10.0. The van der Waals surface area contributed by atoms with Crippen LogP contribution in [0.2, 0.25) is 0 Å². The first-order valence-electron chi connectivity index (χ1n) is 20.1. The summed E-state index contributed by atoms with van der Waals surface area (Å²) in [4.78, 5) is 0. The quantitative estimate of drug-likeness (QED) is 0.0588. The van der Waals surface area contributed by atoms with Crippen molar-refractivity contribution in [3.05, 3.63) is 0 Å². The molecule has 0 rings (SSSR count). The lowest BCUT2D eigenvalue weighted by Gasteiger charge is -2.30. The third kappa shape index (κ3) is 49.6. The highest BCUT2D eigenvalue weighted by molar-refractivity contribution is 4.52. The van der Waals surface area contributed by atoms with Gasteiger partial charge in [0.1, 0.15) is 0 Å². The SMILES string of the molecule is CCCCCCCCCCCCCCCCCC[N+](C)(C)CCCCCCCCCCCCCCCCCC.C[NH2+]C.[Br-].[Cl-]. The van der Waals surface area contributed by atoms with E-state index in [9.17, 15) is 0 Å². The zero-order chi connectivity index (χ0) is 31.2. The second-order valence-electron chi connectivity index (χ2n) is 14.6. The van der Waals surface area contributed by atoms with Crippen molar-refractivity contribution in [1.29, 1.82) is 0 Å². The molecule has 0 amide bonds. The van der Waals surface area contributed by atoms with Crippen molar-refractivity contribution in [3.8, 4) is 0 Å². The molecule has 0 radical (unpaired) electrons. The minimum absolute atomic E-state index is 0. The Bertz CT molecular complexity index is 423. The van der Waals surface area contributed by atoms with Crippen LogP contribution in [-0.4, -0.2) is 45.8 Å². The number of hydrogen-bond donors (Lipinski definition) is 1. The average molecular weight is 713 g/mol. The van der Waals surface area contributed by atoms with Crippen LogP contribution in [-0.2, 0) is 0 Å².